The standard InChI is InChI=1S/C30H39F2NO3/c1-6-24(7-2)33-14-12-30(13-15-33)27(20(4)28(35)36-30)26(34)17-21-8-10-22-18-23(29(5,31)32)16-19(3)25(22)11-9-21/h8,18,24H,3,6-7,9-17H2,1-2,4-5H3. The summed E-state index contributed by atoms with van der Waals surface area (Å²) in [5.41, 5.74) is 3.94. The first-order chi connectivity index (χ1) is 17.0. The highest BCUT2D eigenvalue weighted by atomic mass is 19.3. The monoisotopic (exact) mass is 499 g/mol. The molecule has 196 valence electrons. The number of halogens is 2. The van der Waals surface area contributed by atoms with Crippen LogP contribution in [0.5, 0.6) is 0 Å². The Morgan fingerprint density at radius 3 is 2.50 bits per heavy atom. The van der Waals surface area contributed by atoms with Gasteiger partial charge in [-0.3, -0.25) is 4.79 Å². The molecule has 2 heterocycles. The molecule has 4 nitrogen and oxygen atoms in total. The molecule has 4 rings (SSSR count). The number of esters is 1. The van der Waals surface area contributed by atoms with Crippen LogP contribution in [0.25, 0.3) is 0 Å². The van der Waals surface area contributed by atoms with Crippen molar-refractivity contribution < 1.29 is 23.1 Å². The molecule has 0 aromatic rings. The lowest BCUT2D eigenvalue weighted by Crippen LogP contribution is -2.50. The van der Waals surface area contributed by atoms with Crippen LogP contribution in [-0.4, -0.2) is 47.3 Å². The number of nitrogens with zero attached hydrogens (tertiary/aromatic N) is 1. The summed E-state index contributed by atoms with van der Waals surface area (Å²) in [7, 11) is 0. The molecule has 2 aliphatic carbocycles. The van der Waals surface area contributed by atoms with Crippen LogP contribution < -0.4 is 0 Å². The van der Waals surface area contributed by atoms with Crippen LogP contribution in [-0.2, 0) is 14.3 Å². The van der Waals surface area contributed by atoms with Gasteiger partial charge in [-0.25, -0.2) is 13.6 Å². The zero-order valence-corrected chi connectivity index (χ0v) is 22.1. The van der Waals surface area contributed by atoms with Gasteiger partial charge in [0.05, 0.1) is 0 Å². The maximum Gasteiger partial charge on any atom is 0.335 e. The van der Waals surface area contributed by atoms with E-state index in [1.54, 1.807) is 13.0 Å². The summed E-state index contributed by atoms with van der Waals surface area (Å²) in [6, 6.07) is 0.510. The van der Waals surface area contributed by atoms with Crippen molar-refractivity contribution in [2.45, 2.75) is 103 Å². The number of ketones is 1. The molecule has 0 atom stereocenters. The lowest BCUT2D eigenvalue weighted by atomic mass is 9.79. The summed E-state index contributed by atoms with van der Waals surface area (Å²) < 4.78 is 33.9. The van der Waals surface area contributed by atoms with Gasteiger partial charge in [0.2, 0.25) is 0 Å². The average Bonchev–Trinajstić information content (AvgIpc) is 2.94. The van der Waals surface area contributed by atoms with E-state index in [4.69, 9.17) is 4.74 Å². The molecule has 0 N–H and O–H groups in total. The number of hydrogen-bond acceptors (Lipinski definition) is 4. The second kappa shape index (κ2) is 10.2. The Morgan fingerprint density at radius 1 is 1.22 bits per heavy atom. The minimum Gasteiger partial charge on any atom is -0.451 e. The number of allylic oxidation sites excluding steroid dienone is 7. The Hall–Kier alpha value is -2.34. The van der Waals surface area contributed by atoms with Gasteiger partial charge in [-0.15, -0.1) is 0 Å². The molecule has 0 radical (unpaired) electrons. The van der Waals surface area contributed by atoms with Crippen LogP contribution in [0.3, 0.4) is 0 Å². The van der Waals surface area contributed by atoms with Gasteiger partial charge in [0.15, 0.2) is 5.78 Å². The van der Waals surface area contributed by atoms with Crippen molar-refractivity contribution in [3.8, 4) is 0 Å². The highest BCUT2D eigenvalue weighted by Crippen LogP contribution is 2.44. The molecule has 0 bridgehead atoms. The maximum absolute atomic E-state index is 14.0. The lowest BCUT2D eigenvalue weighted by Gasteiger charge is -2.42. The Balaban J connectivity index is 1.49. The zero-order chi connectivity index (χ0) is 26.3. The van der Waals surface area contributed by atoms with E-state index in [0.717, 1.165) is 55.1 Å². The van der Waals surface area contributed by atoms with Crippen molar-refractivity contribution in [2.24, 2.45) is 0 Å². The Bertz CT molecular complexity index is 1070. The van der Waals surface area contributed by atoms with Crippen molar-refractivity contribution >= 4 is 11.8 Å². The molecule has 2 aliphatic heterocycles. The van der Waals surface area contributed by atoms with E-state index < -0.39 is 11.5 Å². The smallest absolute Gasteiger partial charge is 0.335 e. The fraction of sp³-hybridized carbons (Fsp3) is 0.600. The third-order valence-electron chi connectivity index (χ3n) is 8.59. The number of carbonyl (C=O) groups excluding carboxylic acids is 2. The molecule has 1 saturated heterocycles. The van der Waals surface area contributed by atoms with E-state index >= 15 is 0 Å². The molecule has 1 fully saturated rings. The largest absolute Gasteiger partial charge is 0.451 e. The van der Waals surface area contributed by atoms with Crippen molar-refractivity contribution in [1.82, 2.24) is 4.90 Å². The number of piperidine rings is 1. The fourth-order valence-electron chi connectivity index (χ4n) is 6.43. The third-order valence-corrected chi connectivity index (χ3v) is 8.59. The van der Waals surface area contributed by atoms with Gasteiger partial charge in [-0.1, -0.05) is 38.2 Å². The van der Waals surface area contributed by atoms with E-state index in [-0.39, 0.29) is 30.2 Å². The number of Topliss-reactive ketones (excluding diaryl/α,β-unsaturated/α-hetero) is 1. The fourth-order valence-corrected chi connectivity index (χ4v) is 6.43. The predicted molar refractivity (Wildman–Crippen MR) is 138 cm³/mol. The van der Waals surface area contributed by atoms with E-state index in [1.807, 2.05) is 6.08 Å². The van der Waals surface area contributed by atoms with Crippen LogP contribution in [0.1, 0.15) is 85.5 Å². The molecule has 0 amide bonds. The van der Waals surface area contributed by atoms with Crippen LogP contribution >= 0.6 is 0 Å². The Kier molecular flexibility index (Phi) is 7.57. The van der Waals surface area contributed by atoms with Crippen LogP contribution in [0.2, 0.25) is 0 Å². The van der Waals surface area contributed by atoms with Crippen LogP contribution in [0.15, 0.2) is 57.7 Å². The Labute approximate surface area is 213 Å². The molecule has 4 aliphatic rings. The number of carbonyl (C=O) groups is 2. The first-order valence-corrected chi connectivity index (χ1v) is 13.4. The summed E-state index contributed by atoms with van der Waals surface area (Å²) in [4.78, 5) is 28.7. The zero-order valence-electron chi connectivity index (χ0n) is 22.1. The molecular formula is C30H39F2NO3. The van der Waals surface area contributed by atoms with Crippen LogP contribution in [0, 0.1) is 0 Å². The number of likely N-dealkylation sites (tertiary alicyclic amines) is 1. The third kappa shape index (κ3) is 5.06. The Morgan fingerprint density at radius 2 is 1.89 bits per heavy atom. The molecule has 0 saturated carbocycles. The van der Waals surface area contributed by atoms with Gasteiger partial charge in [-0.05, 0) is 62.2 Å². The molecule has 6 heteroatoms. The number of rotatable bonds is 7. The SMILES string of the molecule is C=C1CC(C(C)(F)F)=CC2=C1CCC(CC(=O)C1=C(C)C(=O)OC13CCN(C(CC)CC)CC3)=CC2. The second-order valence-electron chi connectivity index (χ2n) is 10.9. The van der Waals surface area contributed by atoms with Crippen LogP contribution in [0.4, 0.5) is 8.78 Å². The highest BCUT2D eigenvalue weighted by Gasteiger charge is 2.50. The summed E-state index contributed by atoms with van der Waals surface area (Å²) in [6.45, 7) is 12.7. The number of alkyl halides is 2. The van der Waals surface area contributed by atoms with Gasteiger partial charge in [0.1, 0.15) is 5.60 Å². The van der Waals surface area contributed by atoms with Crippen molar-refractivity contribution in [2.75, 3.05) is 13.1 Å². The number of ether oxygens (including phenoxy) is 1. The first kappa shape index (κ1) is 26.7. The minimum absolute atomic E-state index is 0.0457. The molecule has 0 aromatic carbocycles. The van der Waals surface area contributed by atoms with Gasteiger partial charge in [0, 0.05) is 62.0 Å². The minimum atomic E-state index is -2.87. The van der Waals surface area contributed by atoms with E-state index in [9.17, 15) is 18.4 Å². The summed E-state index contributed by atoms with van der Waals surface area (Å²) >= 11 is 0. The first-order valence-electron chi connectivity index (χ1n) is 13.4. The maximum atomic E-state index is 14.0. The van der Waals surface area contributed by atoms with Gasteiger partial charge in [-0.2, -0.15) is 0 Å². The molecule has 36 heavy (non-hydrogen) atoms. The van der Waals surface area contributed by atoms with Gasteiger partial charge >= 0.3 is 5.97 Å². The van der Waals surface area contributed by atoms with Crippen molar-refractivity contribution in [3.05, 3.63) is 57.7 Å². The highest BCUT2D eigenvalue weighted by molar-refractivity contribution is 6.09. The van der Waals surface area contributed by atoms with Crippen molar-refractivity contribution in [1.29, 1.82) is 0 Å². The second-order valence-corrected chi connectivity index (χ2v) is 10.9. The summed E-state index contributed by atoms with van der Waals surface area (Å²) in [6.07, 6.45) is 9.39. The topological polar surface area (TPSA) is 46.6 Å². The van der Waals surface area contributed by atoms with Crippen molar-refractivity contribution in [3.63, 3.8) is 0 Å². The lowest BCUT2D eigenvalue weighted by molar-refractivity contribution is -0.151. The van der Waals surface area contributed by atoms with E-state index in [0.29, 0.717) is 49.3 Å². The predicted octanol–water partition coefficient (Wildman–Crippen LogP) is 6.79. The molecular weight excluding hydrogens is 460 g/mol. The number of hydrogen-bond donors (Lipinski definition) is 0. The average molecular weight is 500 g/mol. The molecule has 0 aromatic heterocycles. The molecule has 0 unspecified atom stereocenters. The van der Waals surface area contributed by atoms with Gasteiger partial charge < -0.3 is 9.64 Å². The van der Waals surface area contributed by atoms with Gasteiger partial charge in [0.25, 0.3) is 5.92 Å². The molecule has 1 spiro atoms. The summed E-state index contributed by atoms with van der Waals surface area (Å²) in [5.74, 6) is -3.29. The summed E-state index contributed by atoms with van der Waals surface area (Å²) in [5, 5.41) is 0. The van der Waals surface area contributed by atoms with E-state index in [1.165, 1.54) is 0 Å². The normalized spacial score (nSPS) is 23.1. The van der Waals surface area contributed by atoms with E-state index in [2.05, 4.69) is 25.3 Å². The quantitative estimate of drug-likeness (QED) is 0.286.